The fourth-order valence-corrected chi connectivity index (χ4v) is 1.19. The molecular formula is C12H17NO. The van der Waals surface area contributed by atoms with Gasteiger partial charge in [-0.25, -0.2) is 0 Å². The summed E-state index contributed by atoms with van der Waals surface area (Å²) in [5.74, 6) is 0.160. The quantitative estimate of drug-likeness (QED) is 0.780. The molecule has 1 aromatic carbocycles. The lowest BCUT2D eigenvalue weighted by atomic mass is 10.1. The fraction of sp³-hybridized carbons (Fsp3) is 0.417. The summed E-state index contributed by atoms with van der Waals surface area (Å²) < 4.78 is 0. The Hall–Kier alpha value is -1.31. The third-order valence-corrected chi connectivity index (χ3v) is 2.24. The third kappa shape index (κ3) is 2.87. The molecule has 14 heavy (non-hydrogen) atoms. The van der Waals surface area contributed by atoms with E-state index in [2.05, 4.69) is 18.3 Å². The molecule has 0 aliphatic heterocycles. The Bertz CT molecular complexity index is 318. The van der Waals surface area contributed by atoms with Gasteiger partial charge in [0.2, 0.25) is 5.91 Å². The highest BCUT2D eigenvalue weighted by atomic mass is 16.1. The number of hydrogen-bond donors (Lipinski definition) is 1. The Morgan fingerprint density at radius 1 is 1.36 bits per heavy atom. The Labute approximate surface area is 85.3 Å². The summed E-state index contributed by atoms with van der Waals surface area (Å²) in [6, 6.07) is 8.08. The first kappa shape index (κ1) is 10.8. The van der Waals surface area contributed by atoms with Gasteiger partial charge in [0, 0.05) is 12.5 Å². The van der Waals surface area contributed by atoms with E-state index in [1.54, 1.807) is 0 Å². The normalized spacial score (nSPS) is 10.3. The number of nitrogens with one attached hydrogen (secondary N) is 1. The highest BCUT2D eigenvalue weighted by Crippen LogP contribution is 2.06. The Morgan fingerprint density at radius 2 is 2.00 bits per heavy atom. The molecule has 0 saturated carbocycles. The Morgan fingerprint density at radius 3 is 2.57 bits per heavy atom. The molecule has 1 rings (SSSR count). The van der Waals surface area contributed by atoms with Crippen LogP contribution in [0.15, 0.2) is 24.3 Å². The first-order chi connectivity index (χ1) is 6.61. The van der Waals surface area contributed by atoms with Crippen molar-refractivity contribution in [3.05, 3.63) is 35.4 Å². The zero-order chi connectivity index (χ0) is 10.6. The maximum absolute atomic E-state index is 11.3. The topological polar surface area (TPSA) is 29.1 Å². The molecule has 0 radical (unpaired) electrons. The summed E-state index contributed by atoms with van der Waals surface area (Å²) in [4.78, 5) is 11.3. The van der Waals surface area contributed by atoms with Crippen molar-refractivity contribution in [1.29, 1.82) is 0 Å². The van der Waals surface area contributed by atoms with E-state index in [-0.39, 0.29) is 11.8 Å². The molecule has 0 bridgehead atoms. The van der Waals surface area contributed by atoms with Crippen molar-refractivity contribution in [3.8, 4) is 0 Å². The molecule has 0 aliphatic rings. The van der Waals surface area contributed by atoms with Gasteiger partial charge in [-0.05, 0) is 18.1 Å². The third-order valence-electron chi connectivity index (χ3n) is 2.24. The summed E-state index contributed by atoms with van der Waals surface area (Å²) >= 11 is 0. The molecule has 0 unspecified atom stereocenters. The van der Waals surface area contributed by atoms with Gasteiger partial charge in [0.25, 0.3) is 0 Å². The standard InChI is InChI=1S/C12H17NO/c1-9(2)12(14)13-8-11-7-5-4-6-10(11)3/h4-7,9H,8H2,1-3H3,(H,13,14). The Kier molecular flexibility index (Phi) is 3.69. The van der Waals surface area contributed by atoms with Gasteiger partial charge in [-0.1, -0.05) is 38.1 Å². The molecule has 0 fully saturated rings. The molecule has 2 heteroatoms. The van der Waals surface area contributed by atoms with Crippen LogP contribution in [0.4, 0.5) is 0 Å². The minimum atomic E-state index is 0.0546. The van der Waals surface area contributed by atoms with E-state index in [4.69, 9.17) is 0 Å². The molecule has 1 aromatic rings. The summed E-state index contributed by atoms with van der Waals surface area (Å²) in [7, 11) is 0. The lowest BCUT2D eigenvalue weighted by Gasteiger charge is -2.09. The van der Waals surface area contributed by atoms with Gasteiger partial charge in [0.05, 0.1) is 0 Å². The molecule has 1 N–H and O–H groups in total. The summed E-state index contributed by atoms with van der Waals surface area (Å²) in [6.45, 7) is 6.47. The molecule has 1 amide bonds. The minimum absolute atomic E-state index is 0.0546. The van der Waals surface area contributed by atoms with Crippen LogP contribution in [0.25, 0.3) is 0 Å². The molecule has 2 nitrogen and oxygen atoms in total. The lowest BCUT2D eigenvalue weighted by Crippen LogP contribution is -2.27. The lowest BCUT2D eigenvalue weighted by molar-refractivity contribution is -0.124. The van der Waals surface area contributed by atoms with Crippen LogP contribution in [-0.4, -0.2) is 5.91 Å². The van der Waals surface area contributed by atoms with Gasteiger partial charge >= 0.3 is 0 Å². The summed E-state index contributed by atoms with van der Waals surface area (Å²) in [5, 5.41) is 2.90. The molecule has 0 saturated heterocycles. The largest absolute Gasteiger partial charge is 0.352 e. The summed E-state index contributed by atoms with van der Waals surface area (Å²) in [5.41, 5.74) is 2.40. The van der Waals surface area contributed by atoms with E-state index in [1.807, 2.05) is 32.0 Å². The molecular weight excluding hydrogens is 174 g/mol. The second kappa shape index (κ2) is 4.80. The van der Waals surface area contributed by atoms with Crippen molar-refractivity contribution in [2.45, 2.75) is 27.3 Å². The second-order valence-electron chi connectivity index (χ2n) is 3.80. The number of rotatable bonds is 3. The van der Waals surface area contributed by atoms with E-state index >= 15 is 0 Å². The van der Waals surface area contributed by atoms with Gasteiger partial charge in [0.1, 0.15) is 0 Å². The highest BCUT2D eigenvalue weighted by molar-refractivity contribution is 5.77. The zero-order valence-corrected chi connectivity index (χ0v) is 9.00. The summed E-state index contributed by atoms with van der Waals surface area (Å²) in [6.07, 6.45) is 0. The zero-order valence-electron chi connectivity index (χ0n) is 9.00. The van der Waals surface area contributed by atoms with Crippen molar-refractivity contribution in [1.82, 2.24) is 5.32 Å². The van der Waals surface area contributed by atoms with E-state index in [0.29, 0.717) is 6.54 Å². The fourth-order valence-electron chi connectivity index (χ4n) is 1.19. The van der Waals surface area contributed by atoms with E-state index in [9.17, 15) is 4.79 Å². The van der Waals surface area contributed by atoms with Crippen LogP contribution in [0.5, 0.6) is 0 Å². The van der Waals surface area contributed by atoms with Crippen molar-refractivity contribution < 1.29 is 4.79 Å². The van der Waals surface area contributed by atoms with E-state index < -0.39 is 0 Å². The molecule has 76 valence electrons. The van der Waals surface area contributed by atoms with Crippen LogP contribution >= 0.6 is 0 Å². The van der Waals surface area contributed by atoms with Crippen LogP contribution in [0, 0.1) is 12.8 Å². The number of amides is 1. The number of carbonyl (C=O) groups excluding carboxylic acids is 1. The van der Waals surface area contributed by atoms with Gasteiger partial charge in [-0.15, -0.1) is 0 Å². The molecule has 0 aliphatic carbocycles. The van der Waals surface area contributed by atoms with Crippen molar-refractivity contribution in [2.24, 2.45) is 5.92 Å². The smallest absolute Gasteiger partial charge is 0.222 e. The molecule has 0 aromatic heterocycles. The minimum Gasteiger partial charge on any atom is -0.352 e. The van der Waals surface area contributed by atoms with E-state index in [1.165, 1.54) is 11.1 Å². The van der Waals surface area contributed by atoms with Crippen LogP contribution in [-0.2, 0) is 11.3 Å². The van der Waals surface area contributed by atoms with Crippen LogP contribution in [0.1, 0.15) is 25.0 Å². The predicted molar refractivity (Wildman–Crippen MR) is 57.9 cm³/mol. The first-order valence-electron chi connectivity index (χ1n) is 4.93. The number of benzene rings is 1. The van der Waals surface area contributed by atoms with Crippen LogP contribution in [0.3, 0.4) is 0 Å². The van der Waals surface area contributed by atoms with Crippen molar-refractivity contribution >= 4 is 5.91 Å². The van der Waals surface area contributed by atoms with Crippen LogP contribution < -0.4 is 5.32 Å². The van der Waals surface area contributed by atoms with Gasteiger partial charge in [-0.2, -0.15) is 0 Å². The number of carbonyl (C=O) groups is 1. The van der Waals surface area contributed by atoms with Gasteiger partial charge in [0.15, 0.2) is 0 Å². The number of aryl methyl sites for hydroxylation is 1. The van der Waals surface area contributed by atoms with Crippen LogP contribution in [0.2, 0.25) is 0 Å². The molecule has 0 atom stereocenters. The predicted octanol–water partition coefficient (Wildman–Crippen LogP) is 2.27. The van der Waals surface area contributed by atoms with Gasteiger partial charge < -0.3 is 5.32 Å². The maximum Gasteiger partial charge on any atom is 0.222 e. The van der Waals surface area contributed by atoms with Crippen molar-refractivity contribution in [3.63, 3.8) is 0 Å². The SMILES string of the molecule is Cc1ccccc1CNC(=O)C(C)C. The average Bonchev–Trinajstić information content (AvgIpc) is 2.16. The first-order valence-corrected chi connectivity index (χ1v) is 4.93. The van der Waals surface area contributed by atoms with E-state index in [0.717, 1.165) is 0 Å². The molecule has 0 spiro atoms. The monoisotopic (exact) mass is 191 g/mol. The highest BCUT2D eigenvalue weighted by Gasteiger charge is 2.06. The van der Waals surface area contributed by atoms with Gasteiger partial charge in [-0.3, -0.25) is 4.79 Å². The molecule has 0 heterocycles. The Balaban J connectivity index is 2.54. The maximum atomic E-state index is 11.3. The number of hydrogen-bond acceptors (Lipinski definition) is 1. The average molecular weight is 191 g/mol. The van der Waals surface area contributed by atoms with Crippen molar-refractivity contribution in [2.75, 3.05) is 0 Å². The second-order valence-corrected chi connectivity index (χ2v) is 3.80.